The Bertz CT molecular complexity index is 669. The van der Waals surface area contributed by atoms with Crippen molar-refractivity contribution in [2.75, 3.05) is 13.2 Å². The lowest BCUT2D eigenvalue weighted by molar-refractivity contribution is 0.269. The van der Waals surface area contributed by atoms with Crippen LogP contribution in [0.4, 0.5) is 0 Å². The number of ether oxygens (including phenoxy) is 2. The summed E-state index contributed by atoms with van der Waals surface area (Å²) in [4.78, 5) is 0. The fraction of sp³-hybridized carbons (Fsp3) is 0.263. The summed E-state index contributed by atoms with van der Waals surface area (Å²) in [6.07, 6.45) is 1.83. The van der Waals surface area contributed by atoms with Gasteiger partial charge in [-0.05, 0) is 36.8 Å². The fourth-order valence-corrected chi connectivity index (χ4v) is 2.70. The van der Waals surface area contributed by atoms with E-state index in [4.69, 9.17) is 32.7 Å². The van der Waals surface area contributed by atoms with Crippen molar-refractivity contribution in [2.45, 2.75) is 20.1 Å². The van der Waals surface area contributed by atoms with Gasteiger partial charge in [0.15, 0.2) is 11.5 Å². The average molecular weight is 366 g/mol. The number of rotatable bonds is 9. The highest BCUT2D eigenvalue weighted by Gasteiger charge is 2.10. The first-order chi connectivity index (χ1) is 11.7. The second kappa shape index (κ2) is 9.58. The summed E-state index contributed by atoms with van der Waals surface area (Å²) in [5, 5.41) is 4.44. The standard InChI is InChI=1S/C19H21Cl2NO2/c1-3-10-22-12-14-8-9-18(19(11-14)23-4-2)24-13-15-16(20)6-5-7-17(15)21/h3,5-9,11,22H,1,4,10,12-13H2,2H3. The number of hydrogen-bond donors (Lipinski definition) is 1. The van der Waals surface area contributed by atoms with Crippen LogP contribution in [-0.2, 0) is 13.2 Å². The van der Waals surface area contributed by atoms with Crippen molar-refractivity contribution < 1.29 is 9.47 Å². The molecule has 0 amide bonds. The summed E-state index contributed by atoms with van der Waals surface area (Å²) >= 11 is 12.4. The lowest BCUT2D eigenvalue weighted by atomic mass is 10.2. The van der Waals surface area contributed by atoms with Crippen LogP contribution in [0.2, 0.25) is 10.0 Å². The van der Waals surface area contributed by atoms with Gasteiger partial charge in [0.05, 0.1) is 6.61 Å². The van der Waals surface area contributed by atoms with Crippen molar-refractivity contribution in [3.63, 3.8) is 0 Å². The van der Waals surface area contributed by atoms with Gasteiger partial charge in [-0.2, -0.15) is 0 Å². The molecule has 0 aliphatic carbocycles. The van der Waals surface area contributed by atoms with Crippen LogP contribution in [0.1, 0.15) is 18.1 Å². The van der Waals surface area contributed by atoms with Gasteiger partial charge in [-0.3, -0.25) is 0 Å². The monoisotopic (exact) mass is 365 g/mol. The molecule has 5 heteroatoms. The van der Waals surface area contributed by atoms with Crippen molar-refractivity contribution >= 4 is 23.2 Å². The Hall–Kier alpha value is -1.68. The number of benzene rings is 2. The molecule has 24 heavy (non-hydrogen) atoms. The maximum atomic E-state index is 6.18. The summed E-state index contributed by atoms with van der Waals surface area (Å²) in [5.74, 6) is 1.37. The van der Waals surface area contributed by atoms with Gasteiger partial charge in [0.2, 0.25) is 0 Å². The summed E-state index contributed by atoms with van der Waals surface area (Å²) in [6, 6.07) is 11.3. The lowest BCUT2D eigenvalue weighted by Crippen LogP contribution is -2.12. The first kappa shape index (κ1) is 18.7. The zero-order valence-corrected chi connectivity index (χ0v) is 15.2. The van der Waals surface area contributed by atoms with Crippen molar-refractivity contribution in [1.29, 1.82) is 0 Å². The molecular weight excluding hydrogens is 345 g/mol. The summed E-state index contributed by atoms with van der Waals surface area (Å²) in [7, 11) is 0. The van der Waals surface area contributed by atoms with E-state index in [1.807, 2.05) is 37.3 Å². The number of nitrogens with one attached hydrogen (secondary N) is 1. The van der Waals surface area contributed by atoms with Gasteiger partial charge in [0.1, 0.15) is 6.61 Å². The zero-order chi connectivity index (χ0) is 17.4. The Morgan fingerprint density at radius 1 is 1.08 bits per heavy atom. The minimum absolute atomic E-state index is 0.284. The quantitative estimate of drug-likeness (QED) is 0.486. The molecule has 0 aliphatic rings. The van der Waals surface area contributed by atoms with Gasteiger partial charge < -0.3 is 14.8 Å². The molecule has 1 N–H and O–H groups in total. The Morgan fingerprint density at radius 3 is 2.50 bits per heavy atom. The molecule has 0 aromatic heterocycles. The highest BCUT2D eigenvalue weighted by molar-refractivity contribution is 6.35. The smallest absolute Gasteiger partial charge is 0.161 e. The Labute approximate surface area is 153 Å². The van der Waals surface area contributed by atoms with Gasteiger partial charge in [-0.15, -0.1) is 6.58 Å². The largest absolute Gasteiger partial charge is 0.490 e. The molecule has 2 aromatic rings. The molecule has 0 fully saturated rings. The molecule has 0 unspecified atom stereocenters. The van der Waals surface area contributed by atoms with Crippen LogP contribution < -0.4 is 14.8 Å². The zero-order valence-electron chi connectivity index (χ0n) is 13.6. The van der Waals surface area contributed by atoms with E-state index in [1.165, 1.54) is 0 Å². The Balaban J connectivity index is 2.12. The van der Waals surface area contributed by atoms with Gasteiger partial charge >= 0.3 is 0 Å². The van der Waals surface area contributed by atoms with Crippen molar-refractivity contribution in [3.8, 4) is 11.5 Å². The molecule has 0 aliphatic heterocycles. The Kier molecular flexibility index (Phi) is 7.44. The summed E-state index contributed by atoms with van der Waals surface area (Å²) in [6.45, 7) is 7.98. The SMILES string of the molecule is C=CCNCc1ccc(OCc2c(Cl)cccc2Cl)c(OCC)c1. The molecule has 0 saturated heterocycles. The van der Waals surface area contributed by atoms with Crippen LogP contribution in [-0.4, -0.2) is 13.2 Å². The second-order valence-corrected chi connectivity index (χ2v) is 5.94. The van der Waals surface area contributed by atoms with Gasteiger partial charge in [-0.1, -0.05) is 41.4 Å². The molecule has 0 atom stereocenters. The Morgan fingerprint density at radius 2 is 1.83 bits per heavy atom. The minimum atomic E-state index is 0.284. The first-order valence-corrected chi connectivity index (χ1v) is 8.54. The molecule has 0 saturated carbocycles. The topological polar surface area (TPSA) is 30.5 Å². The van der Waals surface area contributed by atoms with Crippen molar-refractivity contribution in [2.24, 2.45) is 0 Å². The van der Waals surface area contributed by atoms with E-state index in [0.717, 1.165) is 24.2 Å². The first-order valence-electron chi connectivity index (χ1n) is 7.78. The normalized spacial score (nSPS) is 10.5. The third kappa shape index (κ3) is 5.17. The fourth-order valence-electron chi connectivity index (χ4n) is 2.19. The molecule has 2 rings (SSSR count). The third-order valence-electron chi connectivity index (χ3n) is 3.36. The molecule has 128 valence electrons. The van der Waals surface area contributed by atoms with Crippen molar-refractivity contribution in [1.82, 2.24) is 5.32 Å². The maximum absolute atomic E-state index is 6.18. The van der Waals surface area contributed by atoms with Crippen LogP contribution >= 0.6 is 23.2 Å². The third-order valence-corrected chi connectivity index (χ3v) is 4.07. The van der Waals surface area contributed by atoms with E-state index in [-0.39, 0.29) is 6.61 Å². The van der Waals surface area contributed by atoms with E-state index in [2.05, 4.69) is 11.9 Å². The van der Waals surface area contributed by atoms with E-state index in [9.17, 15) is 0 Å². The van der Waals surface area contributed by atoms with E-state index in [0.29, 0.717) is 28.2 Å². The molecule has 0 heterocycles. The highest BCUT2D eigenvalue weighted by atomic mass is 35.5. The number of hydrogen-bond acceptors (Lipinski definition) is 3. The van der Waals surface area contributed by atoms with Crippen molar-refractivity contribution in [3.05, 3.63) is 70.2 Å². The van der Waals surface area contributed by atoms with Crippen LogP contribution in [0.5, 0.6) is 11.5 Å². The molecule has 0 spiro atoms. The average Bonchev–Trinajstić information content (AvgIpc) is 2.56. The van der Waals surface area contributed by atoms with E-state index in [1.54, 1.807) is 12.1 Å². The van der Waals surface area contributed by atoms with E-state index >= 15 is 0 Å². The van der Waals surface area contributed by atoms with Crippen LogP contribution in [0.15, 0.2) is 49.1 Å². The lowest BCUT2D eigenvalue weighted by Gasteiger charge is -2.15. The molecule has 2 aromatic carbocycles. The predicted molar refractivity (Wildman–Crippen MR) is 100 cm³/mol. The summed E-state index contributed by atoms with van der Waals surface area (Å²) < 4.78 is 11.6. The second-order valence-electron chi connectivity index (χ2n) is 5.12. The molecular formula is C19H21Cl2NO2. The van der Waals surface area contributed by atoms with Crippen LogP contribution in [0.25, 0.3) is 0 Å². The highest BCUT2D eigenvalue weighted by Crippen LogP contribution is 2.31. The molecule has 0 bridgehead atoms. The van der Waals surface area contributed by atoms with Gasteiger partial charge in [-0.25, -0.2) is 0 Å². The molecule has 0 radical (unpaired) electrons. The van der Waals surface area contributed by atoms with Crippen LogP contribution in [0, 0.1) is 0 Å². The van der Waals surface area contributed by atoms with Gasteiger partial charge in [0, 0.05) is 28.7 Å². The predicted octanol–water partition coefficient (Wildman–Crippen LogP) is 5.25. The van der Waals surface area contributed by atoms with E-state index < -0.39 is 0 Å². The number of halogens is 2. The van der Waals surface area contributed by atoms with Gasteiger partial charge in [0.25, 0.3) is 0 Å². The van der Waals surface area contributed by atoms with Crippen LogP contribution in [0.3, 0.4) is 0 Å². The minimum Gasteiger partial charge on any atom is -0.490 e. The summed E-state index contributed by atoms with van der Waals surface area (Å²) in [5.41, 5.74) is 1.88. The maximum Gasteiger partial charge on any atom is 0.161 e. The molecule has 3 nitrogen and oxygen atoms in total.